The lowest BCUT2D eigenvalue weighted by molar-refractivity contribution is 0.102. The van der Waals surface area contributed by atoms with Crippen molar-refractivity contribution in [3.63, 3.8) is 0 Å². The molecule has 0 aliphatic rings. The van der Waals surface area contributed by atoms with E-state index < -0.39 is 15.7 Å². The molecule has 23 heavy (non-hydrogen) atoms. The first-order valence-corrected chi connectivity index (χ1v) is 8.50. The van der Waals surface area contributed by atoms with E-state index in [4.69, 9.17) is 10.00 Å². The Morgan fingerprint density at radius 2 is 1.96 bits per heavy atom. The van der Waals surface area contributed by atoms with Crippen molar-refractivity contribution in [1.29, 1.82) is 5.26 Å². The summed E-state index contributed by atoms with van der Waals surface area (Å²) >= 11 is 0. The van der Waals surface area contributed by atoms with Crippen LogP contribution in [0, 0.1) is 11.3 Å². The van der Waals surface area contributed by atoms with Gasteiger partial charge >= 0.3 is 0 Å². The van der Waals surface area contributed by atoms with E-state index in [0.29, 0.717) is 11.4 Å². The number of carbonyl (C=O) groups is 1. The van der Waals surface area contributed by atoms with E-state index in [1.165, 1.54) is 24.3 Å². The molecule has 1 amide bonds. The van der Waals surface area contributed by atoms with Gasteiger partial charge in [0.1, 0.15) is 11.8 Å². The summed E-state index contributed by atoms with van der Waals surface area (Å²) in [6, 6.07) is 14.2. The smallest absolute Gasteiger partial charge is 0.255 e. The number of nitriles is 1. The molecule has 2 aromatic rings. The zero-order valence-electron chi connectivity index (χ0n) is 12.3. The summed E-state index contributed by atoms with van der Waals surface area (Å²) in [6.07, 6.45) is 1.08. The van der Waals surface area contributed by atoms with Gasteiger partial charge in [0.25, 0.3) is 5.91 Å². The maximum absolute atomic E-state index is 12.2. The number of carbonyl (C=O) groups excluding carboxylic acids is 1. The molecule has 2 rings (SSSR count). The van der Waals surface area contributed by atoms with Crippen molar-refractivity contribution in [3.05, 3.63) is 54.1 Å². The molecule has 2 aromatic carbocycles. The Bertz CT molecular complexity index is 870. The Labute approximate surface area is 134 Å². The predicted octanol–water partition coefficient (Wildman–Crippen LogP) is 2.24. The van der Waals surface area contributed by atoms with E-state index in [0.717, 1.165) is 6.26 Å². The van der Waals surface area contributed by atoms with Crippen LogP contribution in [0.2, 0.25) is 0 Å². The summed E-state index contributed by atoms with van der Waals surface area (Å²) in [5.74, 6) is 0.0159. The monoisotopic (exact) mass is 330 g/mol. The van der Waals surface area contributed by atoms with E-state index in [1.54, 1.807) is 24.3 Å². The lowest BCUT2D eigenvalue weighted by Crippen LogP contribution is -2.12. The van der Waals surface area contributed by atoms with E-state index in [2.05, 4.69) is 5.32 Å². The molecule has 7 heteroatoms. The highest BCUT2D eigenvalue weighted by Crippen LogP contribution is 2.19. The van der Waals surface area contributed by atoms with Crippen LogP contribution >= 0.6 is 0 Å². The molecule has 0 spiro atoms. The summed E-state index contributed by atoms with van der Waals surface area (Å²) < 4.78 is 28.2. The highest BCUT2D eigenvalue weighted by molar-refractivity contribution is 7.90. The molecule has 0 aromatic heterocycles. The zero-order chi connectivity index (χ0) is 16.9. The van der Waals surface area contributed by atoms with Gasteiger partial charge in [0.15, 0.2) is 16.4 Å². The Balaban J connectivity index is 2.18. The minimum absolute atomic E-state index is 0.0799. The Morgan fingerprint density at radius 3 is 2.65 bits per heavy atom. The van der Waals surface area contributed by atoms with Crippen LogP contribution in [0.4, 0.5) is 5.69 Å². The third-order valence-corrected chi connectivity index (χ3v) is 4.03. The fraction of sp³-hybridized carbons (Fsp3) is 0.125. The molecule has 118 valence electrons. The number of anilines is 1. The number of benzene rings is 2. The van der Waals surface area contributed by atoms with Gasteiger partial charge in [-0.1, -0.05) is 12.1 Å². The fourth-order valence-corrected chi connectivity index (χ4v) is 2.52. The number of sulfone groups is 1. The minimum atomic E-state index is -3.38. The molecule has 0 fully saturated rings. The van der Waals surface area contributed by atoms with Crippen LogP contribution in [0.3, 0.4) is 0 Å². The molecular weight excluding hydrogens is 316 g/mol. The van der Waals surface area contributed by atoms with Crippen molar-refractivity contribution in [2.24, 2.45) is 0 Å². The molecule has 0 atom stereocenters. The van der Waals surface area contributed by atoms with Crippen LogP contribution in [0.25, 0.3) is 0 Å². The van der Waals surface area contributed by atoms with Gasteiger partial charge in [-0.15, -0.1) is 0 Å². The van der Waals surface area contributed by atoms with Gasteiger partial charge in [0, 0.05) is 23.6 Å². The zero-order valence-corrected chi connectivity index (χ0v) is 13.1. The number of nitrogens with zero attached hydrogens (tertiary/aromatic N) is 1. The molecule has 0 saturated carbocycles. The average Bonchev–Trinajstić information content (AvgIpc) is 2.52. The second kappa shape index (κ2) is 6.94. The maximum atomic E-state index is 12.2. The van der Waals surface area contributed by atoms with Crippen molar-refractivity contribution in [1.82, 2.24) is 0 Å². The lowest BCUT2D eigenvalue weighted by Gasteiger charge is -2.08. The second-order valence-corrected chi connectivity index (χ2v) is 6.74. The highest BCUT2D eigenvalue weighted by atomic mass is 32.2. The van der Waals surface area contributed by atoms with Crippen molar-refractivity contribution >= 4 is 21.4 Å². The quantitative estimate of drug-likeness (QED) is 0.907. The standard InChI is InChI=1S/C16H14N2O4S/c1-23(20,21)15-7-2-4-12(10-15)16(19)18-13-5-3-6-14(11-13)22-9-8-17/h2-7,10-11H,9H2,1H3,(H,18,19). The second-order valence-electron chi connectivity index (χ2n) is 4.73. The first-order chi connectivity index (χ1) is 10.9. The van der Waals surface area contributed by atoms with Crippen molar-refractivity contribution in [2.75, 3.05) is 18.2 Å². The van der Waals surface area contributed by atoms with Gasteiger partial charge < -0.3 is 10.1 Å². The molecule has 0 aliphatic carbocycles. The Kier molecular flexibility index (Phi) is 4.98. The minimum Gasteiger partial charge on any atom is -0.479 e. The predicted molar refractivity (Wildman–Crippen MR) is 85.1 cm³/mol. The van der Waals surface area contributed by atoms with Crippen LogP contribution in [0.5, 0.6) is 5.75 Å². The first kappa shape index (κ1) is 16.5. The van der Waals surface area contributed by atoms with Crippen molar-refractivity contribution < 1.29 is 17.9 Å². The molecule has 0 aliphatic heterocycles. The van der Waals surface area contributed by atoms with Gasteiger partial charge in [-0.2, -0.15) is 5.26 Å². The molecule has 0 unspecified atom stereocenters. The van der Waals surface area contributed by atoms with E-state index in [-0.39, 0.29) is 17.1 Å². The average molecular weight is 330 g/mol. The van der Waals surface area contributed by atoms with Gasteiger partial charge in [-0.3, -0.25) is 4.79 Å². The molecule has 0 heterocycles. The van der Waals surface area contributed by atoms with E-state index >= 15 is 0 Å². The van der Waals surface area contributed by atoms with Crippen LogP contribution in [-0.4, -0.2) is 27.2 Å². The maximum Gasteiger partial charge on any atom is 0.255 e. The molecule has 0 saturated heterocycles. The SMILES string of the molecule is CS(=O)(=O)c1cccc(C(=O)Nc2cccc(OCC#N)c2)c1. The summed E-state index contributed by atoms with van der Waals surface area (Å²) in [5.41, 5.74) is 0.714. The number of nitrogens with one attached hydrogen (secondary N) is 1. The number of hydrogen-bond donors (Lipinski definition) is 1. The topological polar surface area (TPSA) is 96.3 Å². The van der Waals surface area contributed by atoms with E-state index in [9.17, 15) is 13.2 Å². The van der Waals surface area contributed by atoms with Crippen LogP contribution in [0.1, 0.15) is 10.4 Å². The largest absolute Gasteiger partial charge is 0.479 e. The van der Waals surface area contributed by atoms with Crippen molar-refractivity contribution in [2.45, 2.75) is 4.90 Å². The lowest BCUT2D eigenvalue weighted by atomic mass is 10.2. The third kappa shape index (κ3) is 4.56. The van der Waals surface area contributed by atoms with Crippen LogP contribution in [0.15, 0.2) is 53.4 Å². The van der Waals surface area contributed by atoms with Gasteiger partial charge in [0.05, 0.1) is 4.90 Å². The Hall–Kier alpha value is -2.85. The fourth-order valence-electron chi connectivity index (χ4n) is 1.85. The molecular formula is C16H14N2O4S. The van der Waals surface area contributed by atoms with Gasteiger partial charge in [0.2, 0.25) is 0 Å². The van der Waals surface area contributed by atoms with Crippen LogP contribution in [-0.2, 0) is 9.84 Å². The number of amides is 1. The highest BCUT2D eigenvalue weighted by Gasteiger charge is 2.12. The molecule has 1 N–H and O–H groups in total. The normalized spacial score (nSPS) is 10.6. The van der Waals surface area contributed by atoms with Gasteiger partial charge in [-0.05, 0) is 30.3 Å². The summed E-state index contributed by atoms with van der Waals surface area (Å²) in [4.78, 5) is 12.3. The molecule has 0 radical (unpaired) electrons. The van der Waals surface area contributed by atoms with Crippen LogP contribution < -0.4 is 10.1 Å². The van der Waals surface area contributed by atoms with Crippen molar-refractivity contribution in [3.8, 4) is 11.8 Å². The van der Waals surface area contributed by atoms with Gasteiger partial charge in [-0.25, -0.2) is 8.42 Å². The van der Waals surface area contributed by atoms with E-state index in [1.807, 2.05) is 6.07 Å². The Morgan fingerprint density at radius 1 is 1.22 bits per heavy atom. The summed E-state index contributed by atoms with van der Waals surface area (Å²) in [7, 11) is -3.38. The number of hydrogen-bond acceptors (Lipinski definition) is 5. The number of ether oxygens (including phenoxy) is 1. The summed E-state index contributed by atoms with van der Waals surface area (Å²) in [5, 5.41) is 11.1. The number of rotatable bonds is 5. The first-order valence-electron chi connectivity index (χ1n) is 6.61. The summed E-state index contributed by atoms with van der Waals surface area (Å²) in [6.45, 7) is -0.0895. The molecule has 0 bridgehead atoms. The third-order valence-electron chi connectivity index (χ3n) is 2.92. The molecule has 6 nitrogen and oxygen atoms in total.